The van der Waals surface area contributed by atoms with Crippen LogP contribution in [0.25, 0.3) is 0 Å². The molecule has 4 aliphatic carbocycles. The quantitative estimate of drug-likeness (QED) is 0.591. The van der Waals surface area contributed by atoms with E-state index in [9.17, 15) is 9.59 Å². The largest absolute Gasteiger partial charge is 0.445 e. The summed E-state index contributed by atoms with van der Waals surface area (Å²) in [6.45, 7) is 1.38. The highest BCUT2D eigenvalue weighted by atomic mass is 35.6. The van der Waals surface area contributed by atoms with E-state index in [2.05, 4.69) is 22.8 Å². The summed E-state index contributed by atoms with van der Waals surface area (Å²) in [6.07, 6.45) is 5.40. The highest BCUT2D eigenvalue weighted by molar-refractivity contribution is 6.67. The van der Waals surface area contributed by atoms with E-state index < -0.39 is 9.89 Å². The number of benzene rings is 1. The summed E-state index contributed by atoms with van der Waals surface area (Å²) in [5.74, 6) is 1.19. The Morgan fingerprint density at radius 1 is 1.03 bits per heavy atom. The number of nitrogens with one attached hydrogen (secondary N) is 2. The van der Waals surface area contributed by atoms with E-state index in [1.165, 1.54) is 17.5 Å². The first-order chi connectivity index (χ1) is 15.1. The number of hydrogen-bond acceptors (Lipinski definition) is 4. The van der Waals surface area contributed by atoms with Gasteiger partial charge < -0.3 is 20.3 Å². The average molecular weight is 501 g/mol. The Balaban J connectivity index is 1.21. The van der Waals surface area contributed by atoms with Gasteiger partial charge in [0.05, 0.1) is 6.54 Å². The molecule has 5 aliphatic rings. The minimum absolute atomic E-state index is 0.126. The van der Waals surface area contributed by atoms with Gasteiger partial charge in [0.25, 0.3) is 0 Å². The predicted molar refractivity (Wildman–Crippen MR) is 124 cm³/mol. The first-order valence-corrected chi connectivity index (χ1v) is 12.4. The number of alkyl halides is 3. The Kier molecular flexibility index (Phi) is 5.80. The molecule has 2 N–H and O–H groups in total. The van der Waals surface area contributed by atoms with E-state index in [1.807, 2.05) is 17.0 Å². The van der Waals surface area contributed by atoms with Crippen LogP contribution < -0.4 is 10.6 Å². The maximum atomic E-state index is 13.0. The number of fused-ring (bicyclic) bond motifs is 1. The van der Waals surface area contributed by atoms with Crippen LogP contribution in [0, 0.1) is 11.8 Å². The van der Waals surface area contributed by atoms with E-state index in [0.29, 0.717) is 31.5 Å². The molecule has 4 fully saturated rings. The predicted octanol–water partition coefficient (Wildman–Crippen LogP) is 4.31. The fourth-order valence-corrected chi connectivity index (χ4v) is 7.06. The second-order valence-corrected chi connectivity index (χ2v) is 12.7. The van der Waals surface area contributed by atoms with E-state index in [4.69, 9.17) is 39.5 Å². The monoisotopic (exact) mass is 499 g/mol. The second-order valence-electron chi connectivity index (χ2n) is 10.2. The van der Waals surface area contributed by atoms with Crippen molar-refractivity contribution in [1.29, 1.82) is 0 Å². The number of hydrogen-bond donors (Lipinski definition) is 2. The molecule has 1 aromatic rings. The van der Waals surface area contributed by atoms with Crippen LogP contribution in [0.2, 0.25) is 0 Å². The van der Waals surface area contributed by atoms with Gasteiger partial charge in [0.1, 0.15) is 6.61 Å². The molecule has 6 nitrogen and oxygen atoms in total. The van der Waals surface area contributed by atoms with E-state index in [0.717, 1.165) is 32.1 Å². The van der Waals surface area contributed by atoms with Crippen LogP contribution in [0.4, 0.5) is 4.79 Å². The van der Waals surface area contributed by atoms with Crippen molar-refractivity contribution in [1.82, 2.24) is 15.5 Å². The number of carbonyl (C=O) groups excluding carboxylic acids is 2. The van der Waals surface area contributed by atoms with Gasteiger partial charge in [-0.1, -0.05) is 59.1 Å². The average Bonchev–Trinajstić information content (AvgIpc) is 3.13. The highest BCUT2D eigenvalue weighted by Gasteiger charge is 2.58. The molecule has 2 amide bonds. The summed E-state index contributed by atoms with van der Waals surface area (Å²) >= 11 is 17.1. The Morgan fingerprint density at radius 3 is 2.22 bits per heavy atom. The normalized spacial score (nSPS) is 32.7. The maximum absolute atomic E-state index is 13.0. The lowest BCUT2D eigenvalue weighted by Gasteiger charge is -2.62. The van der Waals surface area contributed by atoms with Crippen molar-refractivity contribution in [2.75, 3.05) is 13.2 Å². The molecule has 1 heterocycles. The third kappa shape index (κ3) is 4.70. The number of ether oxygens (including phenoxy) is 1. The molecular formula is C23H28Cl3N3O3. The smallest absolute Gasteiger partial charge is 0.407 e. The first kappa shape index (κ1) is 22.6. The Bertz CT molecular complexity index is 880. The van der Waals surface area contributed by atoms with Gasteiger partial charge in [-0.15, -0.1) is 0 Å². The van der Waals surface area contributed by atoms with E-state index in [1.54, 1.807) is 0 Å². The lowest BCUT2D eigenvalue weighted by Crippen LogP contribution is -2.69. The van der Waals surface area contributed by atoms with Crippen molar-refractivity contribution in [2.45, 2.75) is 66.5 Å². The molecule has 4 saturated carbocycles. The summed E-state index contributed by atoms with van der Waals surface area (Å²) in [5, 5.41) is 6.74. The topological polar surface area (TPSA) is 70.7 Å². The molecule has 4 bridgehead atoms. The van der Waals surface area contributed by atoms with Crippen LogP contribution in [0.5, 0.6) is 0 Å². The third-order valence-corrected chi connectivity index (χ3v) is 7.93. The van der Waals surface area contributed by atoms with Crippen LogP contribution >= 0.6 is 34.8 Å². The molecule has 0 aromatic heterocycles. The zero-order chi connectivity index (χ0) is 22.6. The van der Waals surface area contributed by atoms with Crippen molar-refractivity contribution in [3.05, 3.63) is 35.4 Å². The zero-order valence-corrected chi connectivity index (χ0v) is 20.1. The Hall–Kier alpha value is -1.21. The summed E-state index contributed by atoms with van der Waals surface area (Å²) < 4.78 is 3.52. The van der Waals surface area contributed by atoms with Crippen LogP contribution in [-0.2, 0) is 22.6 Å². The SMILES string of the molecule is O=C(NC12CC3CC(CC(NCC(=O)N4Cc5ccccc5C4)(C3)C1)C2)OCC(Cl)(Cl)Cl. The molecule has 1 aromatic carbocycles. The number of nitrogens with zero attached hydrogens (tertiary/aromatic N) is 1. The lowest BCUT2D eigenvalue weighted by atomic mass is 9.50. The molecule has 0 radical (unpaired) electrons. The van der Waals surface area contributed by atoms with Crippen LogP contribution in [-0.4, -0.2) is 44.9 Å². The summed E-state index contributed by atoms with van der Waals surface area (Å²) in [5.41, 5.74) is 2.00. The van der Waals surface area contributed by atoms with Gasteiger partial charge in [0, 0.05) is 24.2 Å². The molecular weight excluding hydrogens is 473 g/mol. The van der Waals surface area contributed by atoms with Gasteiger partial charge in [-0.05, 0) is 61.5 Å². The Morgan fingerprint density at radius 2 is 1.62 bits per heavy atom. The number of amides is 2. The van der Waals surface area contributed by atoms with Gasteiger partial charge in [0.15, 0.2) is 0 Å². The van der Waals surface area contributed by atoms with Gasteiger partial charge >= 0.3 is 6.09 Å². The van der Waals surface area contributed by atoms with Crippen molar-refractivity contribution in [2.24, 2.45) is 11.8 Å². The minimum Gasteiger partial charge on any atom is -0.445 e. The molecule has 0 spiro atoms. The van der Waals surface area contributed by atoms with Crippen molar-refractivity contribution < 1.29 is 14.3 Å². The highest BCUT2D eigenvalue weighted by Crippen LogP contribution is 2.57. The summed E-state index contributed by atoms with van der Waals surface area (Å²) in [6, 6.07) is 8.22. The fraction of sp³-hybridized carbons (Fsp3) is 0.652. The minimum atomic E-state index is -1.63. The van der Waals surface area contributed by atoms with Crippen LogP contribution in [0.1, 0.15) is 49.7 Å². The van der Waals surface area contributed by atoms with E-state index in [-0.39, 0.29) is 23.6 Å². The summed E-state index contributed by atoms with van der Waals surface area (Å²) in [4.78, 5) is 27.3. The lowest BCUT2D eigenvalue weighted by molar-refractivity contribution is -0.132. The number of rotatable bonds is 5. The molecule has 32 heavy (non-hydrogen) atoms. The molecule has 2 atom stereocenters. The zero-order valence-electron chi connectivity index (χ0n) is 17.8. The second kappa shape index (κ2) is 8.23. The van der Waals surface area contributed by atoms with Crippen molar-refractivity contribution >= 4 is 46.8 Å². The third-order valence-electron chi connectivity index (χ3n) is 7.60. The number of halogens is 3. The van der Waals surface area contributed by atoms with Crippen molar-refractivity contribution in [3.63, 3.8) is 0 Å². The van der Waals surface area contributed by atoms with Gasteiger partial charge in [-0.3, -0.25) is 4.79 Å². The van der Waals surface area contributed by atoms with E-state index >= 15 is 0 Å². The van der Waals surface area contributed by atoms with Crippen LogP contribution in [0.3, 0.4) is 0 Å². The molecule has 9 heteroatoms. The molecule has 174 valence electrons. The van der Waals surface area contributed by atoms with Gasteiger partial charge in [-0.2, -0.15) is 0 Å². The van der Waals surface area contributed by atoms with Crippen molar-refractivity contribution in [3.8, 4) is 0 Å². The van der Waals surface area contributed by atoms with Gasteiger partial charge in [0.2, 0.25) is 9.70 Å². The molecule has 1 aliphatic heterocycles. The number of alkyl carbamates (subject to hydrolysis) is 1. The van der Waals surface area contributed by atoms with Gasteiger partial charge in [-0.25, -0.2) is 4.79 Å². The standard InChI is InChI=1S/C23H28Cl3N3O3/c24-23(25,26)14-32-20(31)28-22-8-15-5-16(9-22)7-21(6-15,13-22)27-10-19(30)29-11-17-3-1-2-4-18(17)12-29/h1-4,15-16,27H,5-14H2,(H,28,31). The molecule has 2 unspecified atom stereocenters. The first-order valence-electron chi connectivity index (χ1n) is 11.2. The summed E-state index contributed by atoms with van der Waals surface area (Å²) in [7, 11) is 0. The van der Waals surface area contributed by atoms with Crippen LogP contribution in [0.15, 0.2) is 24.3 Å². The fourth-order valence-electron chi connectivity index (χ4n) is 6.90. The molecule has 0 saturated heterocycles. The number of carbonyl (C=O) groups is 2. The Labute approximate surface area is 203 Å². The maximum Gasteiger partial charge on any atom is 0.407 e. The molecule has 6 rings (SSSR count).